The van der Waals surface area contributed by atoms with Crippen LogP contribution in [0.15, 0.2) is 42.5 Å². The number of aliphatic hydroxyl groups excluding tert-OH is 1. The standard InChI is InChI=1S/C21H28N2O4.2ClH/c1-16-13-17(24)7-8-20(16)27-15-18(25)14-22-9-11-23(12-10-22)19-5-3-4-6-21(19)26-2;;/h3-8,13,18,24-25H,9-12,14-15H2,1-2H3;2*1H. The minimum Gasteiger partial charge on any atom is -0.508 e. The maximum absolute atomic E-state index is 10.3. The van der Waals surface area contributed by atoms with E-state index in [2.05, 4.69) is 15.9 Å². The van der Waals surface area contributed by atoms with Crippen LogP contribution in [0.3, 0.4) is 0 Å². The number of para-hydroxylation sites is 2. The topological polar surface area (TPSA) is 65.4 Å². The van der Waals surface area contributed by atoms with E-state index in [1.165, 1.54) is 0 Å². The lowest BCUT2D eigenvalue weighted by Gasteiger charge is -2.37. The average Bonchev–Trinajstić information content (AvgIpc) is 2.68. The van der Waals surface area contributed by atoms with Crippen LogP contribution in [0.5, 0.6) is 17.2 Å². The molecule has 2 aromatic carbocycles. The number of benzene rings is 2. The lowest BCUT2D eigenvalue weighted by atomic mass is 10.2. The number of β-amino-alcohol motifs (C(OH)–C–C–N with tert-alkyl or cyclic N) is 1. The Morgan fingerprint density at radius 1 is 1.00 bits per heavy atom. The van der Waals surface area contributed by atoms with Crippen LogP contribution >= 0.6 is 24.8 Å². The fourth-order valence-electron chi connectivity index (χ4n) is 3.39. The molecule has 0 radical (unpaired) electrons. The minimum atomic E-state index is -0.559. The van der Waals surface area contributed by atoms with E-state index in [4.69, 9.17) is 9.47 Å². The van der Waals surface area contributed by atoms with Crippen molar-refractivity contribution in [1.82, 2.24) is 4.90 Å². The number of hydrogen-bond donors (Lipinski definition) is 2. The predicted octanol–water partition coefficient (Wildman–Crippen LogP) is 3.11. The van der Waals surface area contributed by atoms with Crippen molar-refractivity contribution in [3.63, 3.8) is 0 Å². The van der Waals surface area contributed by atoms with Gasteiger partial charge >= 0.3 is 0 Å². The maximum Gasteiger partial charge on any atom is 0.142 e. The summed E-state index contributed by atoms with van der Waals surface area (Å²) >= 11 is 0. The molecule has 2 aromatic rings. The summed E-state index contributed by atoms with van der Waals surface area (Å²) in [5.41, 5.74) is 1.97. The Hall–Kier alpha value is -1.86. The summed E-state index contributed by atoms with van der Waals surface area (Å²) in [5.74, 6) is 1.80. The molecular formula is C21H30Cl2N2O4. The van der Waals surface area contributed by atoms with E-state index in [1.807, 2.05) is 25.1 Å². The van der Waals surface area contributed by atoms with Gasteiger partial charge in [-0.2, -0.15) is 0 Å². The summed E-state index contributed by atoms with van der Waals surface area (Å²) in [4.78, 5) is 4.57. The van der Waals surface area contributed by atoms with E-state index in [-0.39, 0.29) is 37.2 Å². The molecule has 0 bridgehead atoms. The summed E-state index contributed by atoms with van der Waals surface area (Å²) in [6.07, 6.45) is -0.559. The van der Waals surface area contributed by atoms with Crippen LogP contribution in [-0.2, 0) is 0 Å². The summed E-state index contributed by atoms with van der Waals surface area (Å²) < 4.78 is 11.2. The highest BCUT2D eigenvalue weighted by atomic mass is 35.5. The number of hydrogen-bond acceptors (Lipinski definition) is 6. The molecule has 1 unspecified atom stereocenters. The second-order valence-corrected chi connectivity index (χ2v) is 6.87. The Morgan fingerprint density at radius 3 is 2.34 bits per heavy atom. The lowest BCUT2D eigenvalue weighted by Crippen LogP contribution is -2.49. The molecule has 1 aliphatic heterocycles. The molecule has 0 aromatic heterocycles. The highest BCUT2D eigenvalue weighted by molar-refractivity contribution is 5.85. The van der Waals surface area contributed by atoms with Gasteiger partial charge in [-0.3, -0.25) is 4.90 Å². The molecular weight excluding hydrogens is 415 g/mol. The molecule has 2 N–H and O–H groups in total. The molecule has 1 fully saturated rings. The zero-order chi connectivity index (χ0) is 19.2. The van der Waals surface area contributed by atoms with Crippen molar-refractivity contribution in [2.75, 3.05) is 51.3 Å². The number of methoxy groups -OCH3 is 1. The molecule has 0 amide bonds. The zero-order valence-electron chi connectivity index (χ0n) is 16.8. The fourth-order valence-corrected chi connectivity index (χ4v) is 3.39. The number of aromatic hydroxyl groups is 1. The van der Waals surface area contributed by atoms with Crippen LogP contribution in [0.4, 0.5) is 5.69 Å². The van der Waals surface area contributed by atoms with Gasteiger partial charge in [0.25, 0.3) is 0 Å². The SMILES string of the molecule is COc1ccccc1N1CCN(CC(O)COc2ccc(O)cc2C)CC1.Cl.Cl. The second-order valence-electron chi connectivity index (χ2n) is 6.87. The lowest BCUT2D eigenvalue weighted by molar-refractivity contribution is 0.0660. The highest BCUT2D eigenvalue weighted by Gasteiger charge is 2.21. The Balaban J connectivity index is 0.00000210. The first-order chi connectivity index (χ1) is 13.1. The number of halogens is 2. The van der Waals surface area contributed by atoms with Crippen LogP contribution in [-0.4, -0.2) is 67.7 Å². The first-order valence-electron chi connectivity index (χ1n) is 9.27. The molecule has 6 nitrogen and oxygen atoms in total. The largest absolute Gasteiger partial charge is 0.508 e. The van der Waals surface area contributed by atoms with Crippen molar-refractivity contribution in [2.45, 2.75) is 13.0 Å². The van der Waals surface area contributed by atoms with Gasteiger partial charge < -0.3 is 24.6 Å². The monoisotopic (exact) mass is 444 g/mol. The van der Waals surface area contributed by atoms with Gasteiger partial charge in [-0.15, -0.1) is 24.8 Å². The Labute approximate surface area is 184 Å². The van der Waals surface area contributed by atoms with Crippen molar-refractivity contribution in [3.8, 4) is 17.2 Å². The zero-order valence-corrected chi connectivity index (χ0v) is 18.4. The summed E-state index contributed by atoms with van der Waals surface area (Å²) in [5, 5.41) is 19.8. The number of ether oxygens (including phenoxy) is 2. The van der Waals surface area contributed by atoms with Crippen molar-refractivity contribution in [1.29, 1.82) is 0 Å². The molecule has 0 aliphatic carbocycles. The molecule has 3 rings (SSSR count). The predicted molar refractivity (Wildman–Crippen MR) is 120 cm³/mol. The third kappa shape index (κ3) is 6.85. The van der Waals surface area contributed by atoms with Crippen molar-refractivity contribution >= 4 is 30.5 Å². The van der Waals surface area contributed by atoms with Gasteiger partial charge in [0.05, 0.1) is 12.8 Å². The number of piperazine rings is 1. The van der Waals surface area contributed by atoms with E-state index < -0.39 is 6.10 Å². The third-order valence-electron chi connectivity index (χ3n) is 4.86. The van der Waals surface area contributed by atoms with Gasteiger partial charge in [0, 0.05) is 32.7 Å². The summed E-state index contributed by atoms with van der Waals surface area (Å²) in [6.45, 7) is 6.24. The quantitative estimate of drug-likeness (QED) is 0.683. The number of aliphatic hydroxyl groups is 1. The fraction of sp³-hybridized carbons (Fsp3) is 0.429. The van der Waals surface area contributed by atoms with Crippen LogP contribution in [0.25, 0.3) is 0 Å². The number of phenolic OH excluding ortho intramolecular Hbond substituents is 1. The van der Waals surface area contributed by atoms with E-state index >= 15 is 0 Å². The van der Waals surface area contributed by atoms with Crippen LogP contribution < -0.4 is 14.4 Å². The Bertz CT molecular complexity index is 755. The van der Waals surface area contributed by atoms with Gasteiger partial charge in [0.2, 0.25) is 0 Å². The molecule has 162 valence electrons. The summed E-state index contributed by atoms with van der Waals surface area (Å²) in [6, 6.07) is 13.0. The Kier molecular flexibility index (Phi) is 10.4. The average molecular weight is 445 g/mol. The van der Waals surface area contributed by atoms with Gasteiger partial charge in [-0.05, 0) is 42.8 Å². The first-order valence-corrected chi connectivity index (χ1v) is 9.27. The molecule has 29 heavy (non-hydrogen) atoms. The highest BCUT2D eigenvalue weighted by Crippen LogP contribution is 2.28. The van der Waals surface area contributed by atoms with E-state index in [0.29, 0.717) is 12.3 Å². The smallest absolute Gasteiger partial charge is 0.142 e. The van der Waals surface area contributed by atoms with Gasteiger partial charge in [0.1, 0.15) is 30.0 Å². The molecule has 0 spiro atoms. The number of phenols is 1. The maximum atomic E-state index is 10.3. The van der Waals surface area contributed by atoms with Crippen LogP contribution in [0, 0.1) is 6.92 Å². The van der Waals surface area contributed by atoms with E-state index in [1.54, 1.807) is 25.3 Å². The van der Waals surface area contributed by atoms with Crippen molar-refractivity contribution in [2.24, 2.45) is 0 Å². The Morgan fingerprint density at radius 2 is 1.69 bits per heavy atom. The second kappa shape index (κ2) is 12.0. The normalized spacial score (nSPS) is 15.1. The van der Waals surface area contributed by atoms with Crippen molar-refractivity contribution < 1.29 is 19.7 Å². The number of nitrogens with zero attached hydrogens (tertiary/aromatic N) is 2. The summed E-state index contributed by atoms with van der Waals surface area (Å²) in [7, 11) is 1.70. The number of aryl methyl sites for hydroxylation is 1. The molecule has 1 aliphatic rings. The third-order valence-corrected chi connectivity index (χ3v) is 4.86. The number of anilines is 1. The van der Waals surface area contributed by atoms with Gasteiger partial charge in [-0.25, -0.2) is 0 Å². The van der Waals surface area contributed by atoms with E-state index in [9.17, 15) is 10.2 Å². The molecule has 1 atom stereocenters. The first kappa shape index (κ1) is 25.2. The van der Waals surface area contributed by atoms with Gasteiger partial charge in [0.15, 0.2) is 0 Å². The molecule has 8 heteroatoms. The minimum absolute atomic E-state index is 0. The molecule has 1 saturated heterocycles. The van der Waals surface area contributed by atoms with Crippen LogP contribution in [0.1, 0.15) is 5.56 Å². The van der Waals surface area contributed by atoms with E-state index in [0.717, 1.165) is 43.2 Å². The number of rotatable bonds is 7. The van der Waals surface area contributed by atoms with Gasteiger partial charge in [-0.1, -0.05) is 12.1 Å². The van der Waals surface area contributed by atoms with Crippen molar-refractivity contribution in [3.05, 3.63) is 48.0 Å². The molecule has 0 saturated carbocycles. The van der Waals surface area contributed by atoms with Crippen LogP contribution in [0.2, 0.25) is 0 Å². The molecule has 1 heterocycles.